The average molecular weight is 391 g/mol. The summed E-state index contributed by atoms with van der Waals surface area (Å²) in [5.74, 6) is 0.134. The van der Waals surface area contributed by atoms with Crippen LogP contribution >= 0.6 is 0 Å². The standard InChI is InChI=1S/C20H29N3O5/c1-4-22(5-2)19(25)23-13-11-16(12-14-23)21-18(24)15-7-9-17(10-8-15)28-20(26)27-6-3/h7-10,16H,4-6,11-14H2,1-3H3,(H,21,24). The minimum absolute atomic E-state index is 0.0312. The second-order valence-corrected chi connectivity index (χ2v) is 6.50. The topological polar surface area (TPSA) is 88.2 Å². The number of rotatable bonds is 6. The van der Waals surface area contributed by atoms with E-state index in [0.29, 0.717) is 37.5 Å². The van der Waals surface area contributed by atoms with Gasteiger partial charge in [0, 0.05) is 37.8 Å². The molecule has 1 aromatic carbocycles. The first kappa shape index (κ1) is 21.5. The van der Waals surface area contributed by atoms with E-state index in [1.54, 1.807) is 36.1 Å². The summed E-state index contributed by atoms with van der Waals surface area (Å²) in [4.78, 5) is 39.8. The highest BCUT2D eigenvalue weighted by atomic mass is 16.7. The number of hydrogen-bond donors (Lipinski definition) is 1. The van der Waals surface area contributed by atoms with Crippen molar-refractivity contribution in [3.05, 3.63) is 29.8 Å². The maximum Gasteiger partial charge on any atom is 0.513 e. The molecule has 1 saturated heterocycles. The zero-order valence-corrected chi connectivity index (χ0v) is 16.8. The van der Waals surface area contributed by atoms with Crippen LogP contribution in [0.3, 0.4) is 0 Å². The van der Waals surface area contributed by atoms with Gasteiger partial charge in [-0.1, -0.05) is 0 Å². The fourth-order valence-corrected chi connectivity index (χ4v) is 3.10. The summed E-state index contributed by atoms with van der Waals surface area (Å²) in [6, 6.07) is 6.40. The SMILES string of the molecule is CCOC(=O)Oc1ccc(C(=O)NC2CCN(C(=O)N(CC)CC)CC2)cc1. The number of hydrogen-bond acceptors (Lipinski definition) is 5. The molecule has 28 heavy (non-hydrogen) atoms. The Morgan fingerprint density at radius 3 is 2.21 bits per heavy atom. The number of nitrogens with one attached hydrogen (secondary N) is 1. The zero-order chi connectivity index (χ0) is 20.5. The van der Waals surface area contributed by atoms with E-state index >= 15 is 0 Å². The highest BCUT2D eigenvalue weighted by molar-refractivity contribution is 5.94. The van der Waals surface area contributed by atoms with Gasteiger partial charge in [-0.25, -0.2) is 9.59 Å². The van der Waals surface area contributed by atoms with Crippen LogP contribution in [-0.2, 0) is 4.74 Å². The van der Waals surface area contributed by atoms with E-state index in [-0.39, 0.29) is 24.6 Å². The van der Waals surface area contributed by atoms with Crippen molar-refractivity contribution in [2.45, 2.75) is 39.7 Å². The fourth-order valence-electron chi connectivity index (χ4n) is 3.10. The van der Waals surface area contributed by atoms with Gasteiger partial charge < -0.3 is 24.6 Å². The van der Waals surface area contributed by atoms with E-state index in [4.69, 9.17) is 9.47 Å². The van der Waals surface area contributed by atoms with Crippen LogP contribution < -0.4 is 10.1 Å². The number of nitrogens with zero attached hydrogens (tertiary/aromatic N) is 2. The van der Waals surface area contributed by atoms with Crippen molar-refractivity contribution in [2.24, 2.45) is 0 Å². The molecule has 1 aliphatic rings. The van der Waals surface area contributed by atoms with Gasteiger partial charge in [-0.3, -0.25) is 4.79 Å². The second-order valence-electron chi connectivity index (χ2n) is 6.50. The molecule has 1 fully saturated rings. The number of urea groups is 1. The molecule has 2 rings (SSSR count). The second kappa shape index (κ2) is 10.5. The minimum atomic E-state index is -0.772. The molecule has 8 heteroatoms. The zero-order valence-electron chi connectivity index (χ0n) is 16.8. The highest BCUT2D eigenvalue weighted by Gasteiger charge is 2.26. The van der Waals surface area contributed by atoms with Gasteiger partial charge in [0.25, 0.3) is 5.91 Å². The monoisotopic (exact) mass is 391 g/mol. The van der Waals surface area contributed by atoms with E-state index in [2.05, 4.69) is 5.32 Å². The molecule has 0 aromatic heterocycles. The van der Waals surface area contributed by atoms with Crippen LogP contribution in [0.1, 0.15) is 44.0 Å². The van der Waals surface area contributed by atoms with E-state index in [1.807, 2.05) is 18.7 Å². The van der Waals surface area contributed by atoms with Crippen LogP contribution in [0.15, 0.2) is 24.3 Å². The normalized spacial score (nSPS) is 14.3. The summed E-state index contributed by atoms with van der Waals surface area (Å²) in [7, 11) is 0. The van der Waals surface area contributed by atoms with Crippen molar-refractivity contribution >= 4 is 18.1 Å². The lowest BCUT2D eigenvalue weighted by Gasteiger charge is -2.35. The van der Waals surface area contributed by atoms with Crippen LogP contribution in [0.2, 0.25) is 0 Å². The van der Waals surface area contributed by atoms with E-state index < -0.39 is 6.16 Å². The van der Waals surface area contributed by atoms with Gasteiger partial charge in [-0.2, -0.15) is 0 Å². The molecule has 1 N–H and O–H groups in total. The molecule has 1 heterocycles. The fraction of sp³-hybridized carbons (Fsp3) is 0.550. The number of amides is 3. The summed E-state index contributed by atoms with van der Waals surface area (Å²) < 4.78 is 9.68. The average Bonchev–Trinajstić information content (AvgIpc) is 2.70. The first-order valence-corrected chi connectivity index (χ1v) is 9.77. The van der Waals surface area contributed by atoms with Crippen LogP contribution in [0.25, 0.3) is 0 Å². The molecule has 8 nitrogen and oxygen atoms in total. The number of piperidine rings is 1. The molecule has 0 spiro atoms. The van der Waals surface area contributed by atoms with Crippen molar-refractivity contribution in [3.63, 3.8) is 0 Å². The Morgan fingerprint density at radius 1 is 1.07 bits per heavy atom. The number of benzene rings is 1. The minimum Gasteiger partial charge on any atom is -0.434 e. The van der Waals surface area contributed by atoms with Gasteiger partial charge in [0.05, 0.1) is 6.61 Å². The van der Waals surface area contributed by atoms with Crippen molar-refractivity contribution in [1.29, 1.82) is 0 Å². The Bertz CT molecular complexity index is 665. The third-order valence-electron chi connectivity index (χ3n) is 4.71. The largest absolute Gasteiger partial charge is 0.513 e. The van der Waals surface area contributed by atoms with Gasteiger partial charge in [-0.15, -0.1) is 0 Å². The molecule has 0 aliphatic carbocycles. The van der Waals surface area contributed by atoms with Gasteiger partial charge in [0.1, 0.15) is 5.75 Å². The molecular weight excluding hydrogens is 362 g/mol. The Balaban J connectivity index is 1.82. The lowest BCUT2D eigenvalue weighted by molar-refractivity contribution is 0.0911. The Morgan fingerprint density at radius 2 is 1.68 bits per heavy atom. The van der Waals surface area contributed by atoms with Crippen LogP contribution in [0, 0.1) is 0 Å². The number of carbonyl (C=O) groups excluding carboxylic acids is 3. The van der Waals surface area contributed by atoms with Gasteiger partial charge in [-0.05, 0) is 57.9 Å². The smallest absolute Gasteiger partial charge is 0.434 e. The predicted octanol–water partition coefficient (Wildman–Crippen LogP) is 2.88. The van der Waals surface area contributed by atoms with Crippen LogP contribution in [0.4, 0.5) is 9.59 Å². The van der Waals surface area contributed by atoms with Gasteiger partial charge in [0.2, 0.25) is 0 Å². The lowest BCUT2D eigenvalue weighted by Crippen LogP contribution is -2.50. The molecular formula is C20H29N3O5. The molecule has 0 bridgehead atoms. The van der Waals surface area contributed by atoms with Crippen LogP contribution in [0.5, 0.6) is 5.75 Å². The third-order valence-corrected chi connectivity index (χ3v) is 4.71. The van der Waals surface area contributed by atoms with E-state index in [9.17, 15) is 14.4 Å². The Labute approximate surface area is 165 Å². The quantitative estimate of drug-likeness (QED) is 0.595. The highest BCUT2D eigenvalue weighted by Crippen LogP contribution is 2.16. The Kier molecular flexibility index (Phi) is 8.10. The van der Waals surface area contributed by atoms with Crippen molar-refractivity contribution < 1.29 is 23.9 Å². The summed E-state index contributed by atoms with van der Waals surface area (Å²) in [5, 5.41) is 3.01. The molecule has 1 aromatic rings. The molecule has 3 amide bonds. The van der Waals surface area contributed by atoms with E-state index in [1.165, 1.54) is 0 Å². The summed E-state index contributed by atoms with van der Waals surface area (Å²) in [6.45, 7) is 8.52. The third kappa shape index (κ3) is 5.87. The van der Waals surface area contributed by atoms with Crippen molar-refractivity contribution in [3.8, 4) is 5.75 Å². The van der Waals surface area contributed by atoms with E-state index in [0.717, 1.165) is 12.8 Å². The van der Waals surface area contributed by atoms with Crippen LogP contribution in [-0.4, -0.2) is 66.7 Å². The van der Waals surface area contributed by atoms with Crippen molar-refractivity contribution in [2.75, 3.05) is 32.8 Å². The molecule has 0 atom stereocenters. The van der Waals surface area contributed by atoms with Crippen molar-refractivity contribution in [1.82, 2.24) is 15.1 Å². The number of carbonyl (C=O) groups is 3. The van der Waals surface area contributed by atoms with Gasteiger partial charge in [0.15, 0.2) is 0 Å². The molecule has 0 unspecified atom stereocenters. The lowest BCUT2D eigenvalue weighted by atomic mass is 10.0. The maximum absolute atomic E-state index is 12.4. The van der Waals surface area contributed by atoms with Gasteiger partial charge >= 0.3 is 12.2 Å². The summed E-state index contributed by atoms with van der Waals surface area (Å²) >= 11 is 0. The summed E-state index contributed by atoms with van der Waals surface area (Å²) in [5.41, 5.74) is 0.484. The number of likely N-dealkylation sites (tertiary alicyclic amines) is 1. The maximum atomic E-state index is 12.4. The first-order chi connectivity index (χ1) is 13.5. The summed E-state index contributed by atoms with van der Waals surface area (Å²) in [6.07, 6.45) is 0.678. The molecule has 0 saturated carbocycles. The molecule has 154 valence electrons. The number of ether oxygens (including phenoxy) is 2. The first-order valence-electron chi connectivity index (χ1n) is 9.77. The predicted molar refractivity (Wildman–Crippen MR) is 104 cm³/mol. The molecule has 1 aliphatic heterocycles. The molecule has 0 radical (unpaired) electrons. The Hall–Kier alpha value is -2.77.